The van der Waals surface area contributed by atoms with E-state index < -0.39 is 6.17 Å². The van der Waals surface area contributed by atoms with E-state index in [-0.39, 0.29) is 29.7 Å². The van der Waals surface area contributed by atoms with Crippen LogP contribution in [0.5, 0.6) is 5.75 Å². The third-order valence-corrected chi connectivity index (χ3v) is 8.80. The Labute approximate surface area is 206 Å². The molecule has 1 aliphatic carbocycles. The largest absolute Gasteiger partial charge is 0.508 e. The molecule has 7 nitrogen and oxygen atoms in total. The van der Waals surface area contributed by atoms with Crippen LogP contribution < -0.4 is 10.9 Å². The van der Waals surface area contributed by atoms with E-state index in [1.54, 1.807) is 12.1 Å². The minimum absolute atomic E-state index is 0.0278. The number of aromatic amines is 1. The molecule has 4 aliphatic rings. The van der Waals surface area contributed by atoms with E-state index in [9.17, 15) is 5.11 Å². The van der Waals surface area contributed by atoms with Crippen molar-refractivity contribution in [3.63, 3.8) is 0 Å². The van der Waals surface area contributed by atoms with Crippen LogP contribution >= 0.6 is 0 Å². The first kappa shape index (κ1) is 23.2. The molecule has 6 atom stereocenters. The maximum Gasteiger partial charge on any atom is 0.125 e. The number of benzene rings is 1. The first-order valence-corrected chi connectivity index (χ1v) is 13.2. The number of halogens is 1. The molecule has 2 saturated heterocycles. The molecule has 1 saturated carbocycles. The van der Waals surface area contributed by atoms with Crippen molar-refractivity contribution in [2.24, 2.45) is 5.92 Å². The summed E-state index contributed by atoms with van der Waals surface area (Å²) < 4.78 is 15.9. The van der Waals surface area contributed by atoms with Crippen LogP contribution in [0.1, 0.15) is 60.8 Å². The second kappa shape index (κ2) is 9.32. The van der Waals surface area contributed by atoms with Crippen molar-refractivity contribution < 1.29 is 9.50 Å². The number of aromatic hydroxyl groups is 1. The van der Waals surface area contributed by atoms with E-state index in [1.165, 1.54) is 18.5 Å². The lowest BCUT2D eigenvalue weighted by atomic mass is 9.71. The zero-order chi connectivity index (χ0) is 24.1. The van der Waals surface area contributed by atoms with Gasteiger partial charge in [0, 0.05) is 37.5 Å². The summed E-state index contributed by atoms with van der Waals surface area (Å²) in [4.78, 5) is 13.3. The van der Waals surface area contributed by atoms with Crippen molar-refractivity contribution in [2.75, 3.05) is 33.2 Å². The fourth-order valence-corrected chi connectivity index (χ4v) is 6.83. The highest BCUT2D eigenvalue weighted by molar-refractivity contribution is 5.66. The highest BCUT2D eigenvalue weighted by Crippen LogP contribution is 2.45. The van der Waals surface area contributed by atoms with Gasteiger partial charge in [0.2, 0.25) is 0 Å². The number of hydrogen-bond acceptors (Lipinski definition) is 6. The molecule has 35 heavy (non-hydrogen) atoms. The number of fused-ring (bicyclic) bond motifs is 1. The minimum Gasteiger partial charge on any atom is -0.508 e. The van der Waals surface area contributed by atoms with E-state index in [4.69, 9.17) is 4.98 Å². The molecule has 0 radical (unpaired) electrons. The number of H-pyrrole nitrogens is 1. The average Bonchev–Trinajstić information content (AvgIpc) is 3.64. The van der Waals surface area contributed by atoms with Crippen LogP contribution in [0.15, 0.2) is 30.5 Å². The van der Waals surface area contributed by atoms with Crippen LogP contribution in [0.25, 0.3) is 5.57 Å². The van der Waals surface area contributed by atoms with E-state index >= 15 is 4.39 Å². The zero-order valence-electron chi connectivity index (χ0n) is 20.7. The van der Waals surface area contributed by atoms with Gasteiger partial charge >= 0.3 is 0 Å². The van der Waals surface area contributed by atoms with Crippen LogP contribution in [0, 0.1) is 5.92 Å². The zero-order valence-corrected chi connectivity index (χ0v) is 20.7. The minimum atomic E-state index is -0.994. The van der Waals surface area contributed by atoms with E-state index in [0.717, 1.165) is 61.5 Å². The van der Waals surface area contributed by atoms with Crippen LogP contribution in [0.2, 0.25) is 0 Å². The van der Waals surface area contributed by atoms with Gasteiger partial charge in [0.25, 0.3) is 0 Å². The molecule has 188 valence electrons. The molecule has 4 heterocycles. The Morgan fingerprint density at radius 2 is 2.09 bits per heavy atom. The number of likely N-dealkylation sites (N-methyl/N-ethyl adjacent to an activating group) is 1. The van der Waals surface area contributed by atoms with Gasteiger partial charge in [-0.25, -0.2) is 14.8 Å². The quantitative estimate of drug-likeness (QED) is 0.527. The van der Waals surface area contributed by atoms with Crippen molar-refractivity contribution in [1.82, 2.24) is 30.6 Å². The normalized spacial score (nSPS) is 33.9. The van der Waals surface area contributed by atoms with Gasteiger partial charge in [-0.15, -0.1) is 0 Å². The molecular weight excluding hydrogens is 443 g/mol. The van der Waals surface area contributed by atoms with Gasteiger partial charge in [0.05, 0.1) is 24.0 Å². The lowest BCUT2D eigenvalue weighted by Gasteiger charge is -2.36. The average molecular weight is 481 g/mol. The number of imidazole rings is 1. The number of aromatic nitrogens is 2. The first-order chi connectivity index (χ1) is 17.0. The third-order valence-electron chi connectivity index (χ3n) is 8.80. The van der Waals surface area contributed by atoms with E-state index in [2.05, 4.69) is 45.7 Å². The number of hydrogen-bond donors (Lipinski definition) is 4. The van der Waals surface area contributed by atoms with Crippen LogP contribution in [-0.4, -0.2) is 76.4 Å². The number of phenolic OH excluding ortho intramolecular Hbond substituents is 1. The van der Waals surface area contributed by atoms with Gasteiger partial charge in [-0.05, 0) is 68.1 Å². The van der Waals surface area contributed by atoms with Gasteiger partial charge in [-0.1, -0.05) is 19.1 Å². The fraction of sp³-hybridized carbons (Fsp3) is 0.593. The maximum absolute atomic E-state index is 15.9. The van der Waals surface area contributed by atoms with Crippen molar-refractivity contribution >= 4 is 5.57 Å². The molecule has 3 aliphatic heterocycles. The summed E-state index contributed by atoms with van der Waals surface area (Å²) in [6.45, 7) is 6.34. The second-order valence-corrected chi connectivity index (χ2v) is 10.9. The Morgan fingerprint density at radius 3 is 2.89 bits per heavy atom. The van der Waals surface area contributed by atoms with E-state index in [0.29, 0.717) is 6.04 Å². The third kappa shape index (κ3) is 4.20. The number of hydrazine groups is 1. The summed E-state index contributed by atoms with van der Waals surface area (Å²) in [5, 5.41) is 9.87. The van der Waals surface area contributed by atoms with Crippen LogP contribution in [0.3, 0.4) is 0 Å². The lowest BCUT2D eigenvalue weighted by Crippen LogP contribution is -2.45. The van der Waals surface area contributed by atoms with E-state index in [1.807, 2.05) is 12.3 Å². The monoisotopic (exact) mass is 480 g/mol. The molecule has 0 bridgehead atoms. The smallest absolute Gasteiger partial charge is 0.125 e. The Balaban J connectivity index is 1.13. The fourth-order valence-electron chi connectivity index (χ4n) is 6.83. The number of nitrogens with zero attached hydrogens (tertiary/aromatic N) is 3. The molecule has 4 N–H and O–H groups in total. The molecular formula is C27H37FN6O. The molecule has 0 amide bonds. The van der Waals surface area contributed by atoms with Gasteiger partial charge in [0.1, 0.15) is 17.7 Å². The Morgan fingerprint density at radius 1 is 1.20 bits per heavy atom. The summed E-state index contributed by atoms with van der Waals surface area (Å²) >= 11 is 0. The van der Waals surface area contributed by atoms with Crippen molar-refractivity contribution in [3.05, 3.63) is 53.1 Å². The molecule has 8 heteroatoms. The first-order valence-electron chi connectivity index (χ1n) is 13.2. The molecule has 0 spiro atoms. The number of phenols is 1. The van der Waals surface area contributed by atoms with Crippen LogP contribution in [-0.2, 0) is 6.42 Å². The predicted molar refractivity (Wildman–Crippen MR) is 135 cm³/mol. The summed E-state index contributed by atoms with van der Waals surface area (Å²) in [7, 11) is 2.20. The highest BCUT2D eigenvalue weighted by Gasteiger charge is 2.48. The predicted octanol–water partition coefficient (Wildman–Crippen LogP) is 3.13. The topological polar surface area (TPSA) is 79.5 Å². The maximum atomic E-state index is 15.9. The van der Waals surface area contributed by atoms with Gasteiger partial charge < -0.3 is 15.0 Å². The number of alkyl halides is 1. The summed E-state index contributed by atoms with van der Waals surface area (Å²) in [6, 6.07) is 5.73. The SMILES string of the molecule is CCc1cc(O)ccc1C1CCC2C(c3ncc(C4=CCN(C5CCN(C)C5)C4)[nH]3)NNC2C1F. The number of aryl methyl sites for hydroxylation is 1. The van der Waals surface area contributed by atoms with Crippen molar-refractivity contribution in [1.29, 1.82) is 0 Å². The summed E-state index contributed by atoms with van der Waals surface area (Å²) in [5.41, 5.74) is 11.1. The second-order valence-electron chi connectivity index (χ2n) is 10.9. The summed E-state index contributed by atoms with van der Waals surface area (Å²) in [5.74, 6) is 1.13. The Hall–Kier alpha value is -2.26. The molecule has 2 aromatic rings. The molecule has 1 aromatic carbocycles. The molecule has 6 unspecified atom stereocenters. The van der Waals surface area contributed by atoms with Gasteiger partial charge in [0.15, 0.2) is 0 Å². The standard InChI is InChI=1S/C27H37FN6O/c1-3-16-12-19(35)4-5-20(16)21-6-7-22-25(24(21)28)31-32-26(22)27-29-13-23(30-27)17-8-11-34(14-17)18-9-10-33(2)15-18/h4-5,8,12-13,18,21-22,24-26,31-32,35H,3,6-7,9-11,14-15H2,1-2H3,(H,29,30). The van der Waals surface area contributed by atoms with Gasteiger partial charge in [-0.3, -0.25) is 10.3 Å². The molecule has 1 aromatic heterocycles. The van der Waals surface area contributed by atoms with Gasteiger partial charge in [-0.2, -0.15) is 0 Å². The van der Waals surface area contributed by atoms with Crippen molar-refractivity contribution in [2.45, 2.75) is 62.8 Å². The number of nitrogens with one attached hydrogen (secondary N) is 3. The lowest BCUT2D eigenvalue weighted by molar-refractivity contribution is 0.135. The summed E-state index contributed by atoms with van der Waals surface area (Å²) in [6.07, 6.45) is 7.02. The molecule has 6 rings (SSSR count). The van der Waals surface area contributed by atoms with Crippen LogP contribution in [0.4, 0.5) is 4.39 Å². The van der Waals surface area contributed by atoms with Crippen molar-refractivity contribution in [3.8, 4) is 5.75 Å². The highest BCUT2D eigenvalue weighted by atomic mass is 19.1. The number of rotatable bonds is 5. The Kier molecular flexibility index (Phi) is 6.16. The number of likely N-dealkylation sites (tertiary alicyclic amines) is 1. The Bertz CT molecular complexity index is 1100. The molecule has 3 fully saturated rings.